The smallest absolute Gasteiger partial charge is 0.0306 e. The summed E-state index contributed by atoms with van der Waals surface area (Å²) in [7, 11) is 0. The van der Waals surface area contributed by atoms with E-state index in [1.807, 2.05) is 0 Å². The lowest BCUT2D eigenvalue weighted by Crippen LogP contribution is -2.27. The summed E-state index contributed by atoms with van der Waals surface area (Å²) in [6.45, 7) is 53.5. The molecule has 0 bridgehead atoms. The third-order valence-corrected chi connectivity index (χ3v) is 11.9. The quantitative estimate of drug-likeness (QED) is 0.219. The molecule has 0 N–H and O–H groups in total. The molecule has 40 heavy (non-hydrogen) atoms. The molecule has 5 unspecified atom stereocenters. The highest BCUT2D eigenvalue weighted by atomic mass is 14.3. The third-order valence-electron chi connectivity index (χ3n) is 11.9. The number of hydrogen-bond donors (Lipinski definition) is 0. The SMILES string of the molecule is CCC(C)(C)C(C)C(C)C.CCC(C)C(C)(C)C(C)C.CCC(C)C(C)C(C)(C)C.CCC(C)CC(C)(C)CC. The Bertz CT molecular complexity index is 550. The van der Waals surface area contributed by atoms with Crippen LogP contribution in [0.3, 0.4) is 0 Å². The van der Waals surface area contributed by atoms with Crippen molar-refractivity contribution in [3.8, 4) is 0 Å². The second-order valence-corrected chi connectivity index (χ2v) is 17.4. The first-order valence-corrected chi connectivity index (χ1v) is 17.7. The van der Waals surface area contributed by atoms with Gasteiger partial charge in [0.15, 0.2) is 0 Å². The van der Waals surface area contributed by atoms with Crippen LogP contribution >= 0.6 is 0 Å². The molecule has 0 aliphatic carbocycles. The maximum atomic E-state index is 2.37. The first-order valence-electron chi connectivity index (χ1n) is 17.7. The van der Waals surface area contributed by atoms with Crippen LogP contribution in [0.15, 0.2) is 0 Å². The molecule has 0 heteroatoms. The van der Waals surface area contributed by atoms with Crippen molar-refractivity contribution in [3.05, 3.63) is 0 Å². The molecule has 0 rings (SSSR count). The lowest BCUT2D eigenvalue weighted by molar-refractivity contribution is 0.147. The first-order chi connectivity index (χ1) is 17.7. The van der Waals surface area contributed by atoms with Crippen LogP contribution in [0.25, 0.3) is 0 Å². The molecule has 0 aromatic carbocycles. The predicted octanol–water partition coefficient (Wildman–Crippen LogP) is 15.0. The molecule has 0 aliphatic rings. The predicted molar refractivity (Wildman–Crippen MR) is 192 cm³/mol. The monoisotopic (exact) mass is 569 g/mol. The van der Waals surface area contributed by atoms with Crippen LogP contribution in [-0.2, 0) is 0 Å². The van der Waals surface area contributed by atoms with Crippen LogP contribution < -0.4 is 0 Å². The fraction of sp³-hybridized carbons (Fsp3) is 1.00. The molecular formula is C40H88. The average Bonchev–Trinajstić information content (AvgIpc) is 2.86. The van der Waals surface area contributed by atoms with Gasteiger partial charge in [-0.15, -0.1) is 0 Å². The van der Waals surface area contributed by atoms with Gasteiger partial charge < -0.3 is 0 Å². The van der Waals surface area contributed by atoms with E-state index in [1.54, 1.807) is 0 Å². The number of rotatable bonds is 12. The van der Waals surface area contributed by atoms with E-state index in [4.69, 9.17) is 0 Å². The molecule has 0 spiro atoms. The van der Waals surface area contributed by atoms with Crippen LogP contribution in [0.5, 0.6) is 0 Å². The van der Waals surface area contributed by atoms with Crippen LogP contribution in [0, 0.1) is 63.1 Å². The van der Waals surface area contributed by atoms with E-state index in [0.717, 1.165) is 41.4 Å². The van der Waals surface area contributed by atoms with E-state index < -0.39 is 0 Å². The topological polar surface area (TPSA) is 0 Å². The molecular weight excluding hydrogens is 480 g/mol. The van der Waals surface area contributed by atoms with Crippen LogP contribution in [0.1, 0.15) is 198 Å². The Kier molecular flexibility index (Phi) is 25.4. The van der Waals surface area contributed by atoms with Crippen molar-refractivity contribution in [1.82, 2.24) is 0 Å². The molecule has 0 amide bonds. The van der Waals surface area contributed by atoms with Crippen LogP contribution in [0.4, 0.5) is 0 Å². The fourth-order valence-corrected chi connectivity index (χ4v) is 4.76. The highest BCUT2D eigenvalue weighted by Crippen LogP contribution is 2.37. The van der Waals surface area contributed by atoms with E-state index in [-0.39, 0.29) is 0 Å². The Labute approximate surface area is 260 Å². The Hall–Kier alpha value is 0. The van der Waals surface area contributed by atoms with Crippen molar-refractivity contribution >= 4 is 0 Å². The van der Waals surface area contributed by atoms with Gasteiger partial charge in [-0.1, -0.05) is 191 Å². The Morgan fingerprint density at radius 3 is 1.07 bits per heavy atom. The second-order valence-electron chi connectivity index (χ2n) is 17.4. The molecule has 248 valence electrons. The summed E-state index contributed by atoms with van der Waals surface area (Å²) in [6.07, 6.45) is 7.89. The normalized spacial score (nSPS) is 16.4. The molecule has 5 atom stereocenters. The molecule has 0 aromatic heterocycles. The highest BCUT2D eigenvalue weighted by Gasteiger charge is 2.28. The summed E-state index contributed by atoms with van der Waals surface area (Å²) in [4.78, 5) is 0. The standard InChI is InChI=1S/4C10H22/c1-7-8(2)9(3)10(4,5)6;1-7-10(5,6)9(4)8(2)3;1-7-9(4)10(5,6)8(2)3;1-6-9(3)8-10(4,5)7-2/h3*8-9H,7H2,1-6H3;9H,6-8H2,1-5H3. The third kappa shape index (κ3) is 21.7. The summed E-state index contributed by atoms with van der Waals surface area (Å²) < 4.78 is 0. The summed E-state index contributed by atoms with van der Waals surface area (Å²) in [5.41, 5.74) is 2.08. The molecule has 0 aromatic rings. The van der Waals surface area contributed by atoms with Crippen LogP contribution in [-0.4, -0.2) is 0 Å². The second kappa shape index (κ2) is 21.7. The van der Waals surface area contributed by atoms with Gasteiger partial charge in [0.25, 0.3) is 0 Å². The van der Waals surface area contributed by atoms with Gasteiger partial charge >= 0.3 is 0 Å². The summed E-state index contributed by atoms with van der Waals surface area (Å²) in [6, 6.07) is 0. The van der Waals surface area contributed by atoms with Gasteiger partial charge in [-0.25, -0.2) is 0 Å². The summed E-state index contributed by atoms with van der Waals surface area (Å²) in [5.74, 6) is 5.87. The van der Waals surface area contributed by atoms with E-state index in [0.29, 0.717) is 21.7 Å². The Morgan fingerprint density at radius 2 is 0.925 bits per heavy atom. The van der Waals surface area contributed by atoms with Gasteiger partial charge in [-0.3, -0.25) is 0 Å². The zero-order valence-electron chi connectivity index (χ0n) is 33.3. The molecule has 0 radical (unpaired) electrons. The van der Waals surface area contributed by atoms with E-state index in [1.165, 1.54) is 38.5 Å². The first kappa shape index (κ1) is 46.9. The van der Waals surface area contributed by atoms with E-state index >= 15 is 0 Å². The van der Waals surface area contributed by atoms with Crippen molar-refractivity contribution in [2.24, 2.45) is 63.1 Å². The van der Waals surface area contributed by atoms with Gasteiger partial charge in [-0.2, -0.15) is 0 Å². The molecule has 0 heterocycles. The summed E-state index contributed by atoms with van der Waals surface area (Å²) in [5, 5.41) is 0. The van der Waals surface area contributed by atoms with Gasteiger partial charge in [-0.05, 0) is 69.5 Å². The maximum Gasteiger partial charge on any atom is -0.0306 e. The lowest BCUT2D eigenvalue weighted by atomic mass is 9.71. The van der Waals surface area contributed by atoms with E-state index in [9.17, 15) is 0 Å². The summed E-state index contributed by atoms with van der Waals surface area (Å²) >= 11 is 0. The van der Waals surface area contributed by atoms with Gasteiger partial charge in [0.2, 0.25) is 0 Å². The Balaban J connectivity index is -0.000000216. The van der Waals surface area contributed by atoms with Crippen molar-refractivity contribution in [2.75, 3.05) is 0 Å². The average molecular weight is 569 g/mol. The Morgan fingerprint density at radius 1 is 0.500 bits per heavy atom. The largest absolute Gasteiger partial charge is 0.0651 e. The van der Waals surface area contributed by atoms with Gasteiger partial charge in [0.1, 0.15) is 0 Å². The molecule has 0 fully saturated rings. The minimum Gasteiger partial charge on any atom is -0.0651 e. The van der Waals surface area contributed by atoms with Gasteiger partial charge in [0.05, 0.1) is 0 Å². The fourth-order valence-electron chi connectivity index (χ4n) is 4.76. The van der Waals surface area contributed by atoms with Crippen LogP contribution in [0.2, 0.25) is 0 Å². The minimum absolute atomic E-state index is 0.482. The minimum atomic E-state index is 0.482. The maximum absolute atomic E-state index is 2.37. The highest BCUT2D eigenvalue weighted by molar-refractivity contribution is 4.77. The molecule has 0 nitrogen and oxygen atoms in total. The van der Waals surface area contributed by atoms with Crippen molar-refractivity contribution < 1.29 is 0 Å². The molecule has 0 saturated carbocycles. The van der Waals surface area contributed by atoms with Crippen molar-refractivity contribution in [1.29, 1.82) is 0 Å². The van der Waals surface area contributed by atoms with Crippen molar-refractivity contribution in [2.45, 2.75) is 198 Å². The van der Waals surface area contributed by atoms with E-state index in [2.05, 4.69) is 159 Å². The lowest BCUT2D eigenvalue weighted by Gasteiger charge is -2.35. The van der Waals surface area contributed by atoms with Crippen molar-refractivity contribution in [3.63, 3.8) is 0 Å². The zero-order chi connectivity index (χ0) is 33.3. The number of hydrogen-bond acceptors (Lipinski definition) is 0. The zero-order valence-corrected chi connectivity index (χ0v) is 33.3. The van der Waals surface area contributed by atoms with Gasteiger partial charge in [0, 0.05) is 0 Å². The molecule has 0 saturated heterocycles. The molecule has 0 aliphatic heterocycles.